The molecule has 0 spiro atoms. The number of nitrogens with zero attached hydrogens (tertiary/aromatic N) is 2. The minimum absolute atomic E-state index is 0.257. The Balaban J connectivity index is 2.39. The molecule has 1 aromatic rings. The first kappa shape index (κ1) is 14.8. The van der Waals surface area contributed by atoms with E-state index in [1.165, 1.54) is 4.31 Å². The van der Waals surface area contributed by atoms with E-state index in [-0.39, 0.29) is 17.5 Å². The van der Waals surface area contributed by atoms with Crippen LogP contribution in [0.1, 0.15) is 6.92 Å². The second-order valence-corrected chi connectivity index (χ2v) is 6.43. The van der Waals surface area contributed by atoms with Crippen molar-refractivity contribution in [3.8, 4) is 0 Å². The van der Waals surface area contributed by atoms with Gasteiger partial charge in [-0.25, -0.2) is 8.42 Å². The molecule has 1 fully saturated rings. The fraction of sp³-hybridized carbons (Fsp3) is 0.455. The van der Waals surface area contributed by atoms with E-state index in [4.69, 9.17) is 0 Å². The van der Waals surface area contributed by atoms with Crippen LogP contribution in [0.5, 0.6) is 0 Å². The Kier molecular flexibility index (Phi) is 4.02. The van der Waals surface area contributed by atoms with E-state index < -0.39 is 26.5 Å². The van der Waals surface area contributed by atoms with Gasteiger partial charge >= 0.3 is 5.69 Å². The van der Waals surface area contributed by atoms with Crippen LogP contribution in [0, 0.1) is 15.9 Å². The highest BCUT2D eigenvalue weighted by molar-refractivity contribution is 7.89. The lowest BCUT2D eigenvalue weighted by Crippen LogP contribution is -2.52. The highest BCUT2D eigenvalue weighted by Crippen LogP contribution is 2.24. The molecule has 0 unspecified atom stereocenters. The summed E-state index contributed by atoms with van der Waals surface area (Å²) in [6.07, 6.45) is 0. The topological polar surface area (TPSA) is 92.6 Å². The zero-order chi connectivity index (χ0) is 14.9. The van der Waals surface area contributed by atoms with E-state index >= 15 is 0 Å². The third-order valence-electron chi connectivity index (χ3n) is 3.16. The Morgan fingerprint density at radius 3 is 2.75 bits per heavy atom. The van der Waals surface area contributed by atoms with Gasteiger partial charge in [0.2, 0.25) is 15.8 Å². The van der Waals surface area contributed by atoms with Crippen LogP contribution in [-0.4, -0.2) is 43.3 Å². The van der Waals surface area contributed by atoms with Gasteiger partial charge in [0, 0.05) is 37.8 Å². The van der Waals surface area contributed by atoms with Crippen LogP contribution >= 0.6 is 0 Å². The predicted octanol–water partition coefficient (Wildman–Crippen LogP) is 0.716. The smallest absolute Gasteiger partial charge is 0.304 e. The summed E-state index contributed by atoms with van der Waals surface area (Å²) in [6.45, 7) is 3.04. The van der Waals surface area contributed by atoms with Crippen LogP contribution < -0.4 is 5.32 Å². The zero-order valence-electron chi connectivity index (χ0n) is 10.7. The number of rotatable bonds is 3. The molecule has 1 aliphatic heterocycles. The number of nitro groups is 1. The lowest BCUT2D eigenvalue weighted by Gasteiger charge is -2.32. The van der Waals surface area contributed by atoms with Crippen LogP contribution in [0.4, 0.5) is 10.1 Å². The van der Waals surface area contributed by atoms with Crippen LogP contribution in [-0.2, 0) is 10.0 Å². The van der Waals surface area contributed by atoms with E-state index in [1.807, 2.05) is 0 Å². The van der Waals surface area contributed by atoms with E-state index in [0.29, 0.717) is 19.2 Å². The van der Waals surface area contributed by atoms with Crippen molar-refractivity contribution in [1.82, 2.24) is 9.62 Å². The number of nitro benzene ring substituents is 1. The van der Waals surface area contributed by atoms with Gasteiger partial charge in [0.05, 0.1) is 9.82 Å². The van der Waals surface area contributed by atoms with Crippen molar-refractivity contribution in [2.75, 3.05) is 19.6 Å². The van der Waals surface area contributed by atoms with Crippen LogP contribution in [0.3, 0.4) is 0 Å². The Bertz CT molecular complexity index is 635. The molecule has 20 heavy (non-hydrogen) atoms. The van der Waals surface area contributed by atoms with Gasteiger partial charge in [-0.15, -0.1) is 0 Å². The standard InChI is InChI=1S/C11H14FN3O4S/c1-8-7-13-4-5-14(8)20(18,19)9-2-3-11(15(16)17)10(12)6-9/h2-3,6,8,13H,4-5,7H2,1H3/t8-/m1/s1. The van der Waals surface area contributed by atoms with Crippen molar-refractivity contribution < 1.29 is 17.7 Å². The molecule has 0 radical (unpaired) electrons. The second kappa shape index (κ2) is 5.43. The highest BCUT2D eigenvalue weighted by Gasteiger charge is 2.32. The van der Waals surface area contributed by atoms with Crippen molar-refractivity contribution in [2.45, 2.75) is 17.9 Å². The number of halogens is 1. The van der Waals surface area contributed by atoms with Crippen molar-refractivity contribution in [3.63, 3.8) is 0 Å². The molecule has 0 aromatic heterocycles. The van der Waals surface area contributed by atoms with Gasteiger partial charge in [-0.3, -0.25) is 10.1 Å². The molecule has 110 valence electrons. The van der Waals surface area contributed by atoms with E-state index in [1.54, 1.807) is 6.92 Å². The molecule has 0 saturated carbocycles. The Morgan fingerprint density at radius 1 is 1.50 bits per heavy atom. The monoisotopic (exact) mass is 303 g/mol. The molecule has 1 heterocycles. The number of hydrogen-bond acceptors (Lipinski definition) is 5. The number of benzene rings is 1. The molecule has 2 rings (SSSR count). The average molecular weight is 303 g/mol. The first-order valence-electron chi connectivity index (χ1n) is 6.00. The summed E-state index contributed by atoms with van der Waals surface area (Å²) in [7, 11) is -3.85. The maximum atomic E-state index is 13.6. The van der Waals surface area contributed by atoms with Gasteiger partial charge < -0.3 is 5.32 Å². The number of piperazine rings is 1. The number of hydrogen-bond donors (Lipinski definition) is 1. The average Bonchev–Trinajstić information content (AvgIpc) is 2.38. The minimum atomic E-state index is -3.85. The van der Waals surface area contributed by atoms with E-state index in [9.17, 15) is 22.9 Å². The molecule has 9 heteroatoms. The summed E-state index contributed by atoms with van der Waals surface area (Å²) >= 11 is 0. The lowest BCUT2D eigenvalue weighted by atomic mass is 10.3. The van der Waals surface area contributed by atoms with Gasteiger partial charge in [0.1, 0.15) is 0 Å². The Hall–Kier alpha value is -1.58. The maximum Gasteiger partial charge on any atom is 0.304 e. The largest absolute Gasteiger partial charge is 0.314 e. The van der Waals surface area contributed by atoms with Gasteiger partial charge in [-0.2, -0.15) is 8.70 Å². The molecule has 1 saturated heterocycles. The molecule has 1 N–H and O–H groups in total. The summed E-state index contributed by atoms with van der Waals surface area (Å²) in [5.41, 5.74) is -0.739. The molecular formula is C11H14FN3O4S. The minimum Gasteiger partial charge on any atom is -0.314 e. The Morgan fingerprint density at radius 2 is 2.20 bits per heavy atom. The summed E-state index contributed by atoms with van der Waals surface area (Å²) in [5.74, 6) is -1.15. The van der Waals surface area contributed by atoms with Crippen molar-refractivity contribution >= 4 is 15.7 Å². The first-order chi connectivity index (χ1) is 9.34. The van der Waals surface area contributed by atoms with Crippen LogP contribution in [0.2, 0.25) is 0 Å². The SMILES string of the molecule is C[C@@H]1CNCCN1S(=O)(=O)c1ccc([N+](=O)[O-])c(F)c1. The first-order valence-corrected chi connectivity index (χ1v) is 7.44. The number of nitrogens with one attached hydrogen (secondary N) is 1. The molecular weight excluding hydrogens is 289 g/mol. The summed E-state index contributed by atoms with van der Waals surface area (Å²) in [4.78, 5) is 9.38. The van der Waals surface area contributed by atoms with Gasteiger partial charge in [0.15, 0.2) is 0 Å². The van der Waals surface area contributed by atoms with Crippen molar-refractivity contribution in [1.29, 1.82) is 0 Å². The summed E-state index contributed by atoms with van der Waals surface area (Å²) in [6, 6.07) is 2.37. The number of sulfonamides is 1. The molecule has 0 aliphatic carbocycles. The summed E-state index contributed by atoms with van der Waals surface area (Å²) in [5, 5.41) is 13.6. The normalized spacial score (nSPS) is 20.8. The quantitative estimate of drug-likeness (QED) is 0.656. The van der Waals surface area contributed by atoms with E-state index in [0.717, 1.165) is 12.1 Å². The highest BCUT2D eigenvalue weighted by atomic mass is 32.2. The van der Waals surface area contributed by atoms with Gasteiger partial charge in [0.25, 0.3) is 0 Å². The molecule has 0 amide bonds. The van der Waals surface area contributed by atoms with Crippen molar-refractivity contribution in [3.05, 3.63) is 34.1 Å². The van der Waals surface area contributed by atoms with Gasteiger partial charge in [-0.05, 0) is 13.0 Å². The molecule has 1 aromatic carbocycles. The zero-order valence-corrected chi connectivity index (χ0v) is 11.6. The Labute approximate surface area is 115 Å². The third kappa shape index (κ3) is 2.65. The fourth-order valence-electron chi connectivity index (χ4n) is 2.11. The van der Waals surface area contributed by atoms with Crippen LogP contribution in [0.25, 0.3) is 0 Å². The van der Waals surface area contributed by atoms with Crippen LogP contribution in [0.15, 0.2) is 23.1 Å². The summed E-state index contributed by atoms with van der Waals surface area (Å²) < 4.78 is 39.6. The predicted molar refractivity (Wildman–Crippen MR) is 69.3 cm³/mol. The molecule has 0 bridgehead atoms. The maximum absolute atomic E-state index is 13.6. The lowest BCUT2D eigenvalue weighted by molar-refractivity contribution is -0.387. The second-order valence-electron chi connectivity index (χ2n) is 4.54. The molecule has 7 nitrogen and oxygen atoms in total. The third-order valence-corrected chi connectivity index (χ3v) is 5.17. The van der Waals surface area contributed by atoms with Gasteiger partial charge in [-0.1, -0.05) is 0 Å². The van der Waals surface area contributed by atoms with Crippen molar-refractivity contribution in [2.24, 2.45) is 0 Å². The van der Waals surface area contributed by atoms with E-state index in [2.05, 4.69) is 5.32 Å². The molecule has 1 aliphatic rings. The molecule has 1 atom stereocenters. The fourth-order valence-corrected chi connectivity index (χ4v) is 3.75.